The number of carbonyl (C=O) groups excluding carboxylic acids is 2. The first-order chi connectivity index (χ1) is 14.4. The summed E-state index contributed by atoms with van der Waals surface area (Å²) in [6, 6.07) is 17.5. The molecule has 0 spiro atoms. The van der Waals surface area contributed by atoms with Crippen LogP contribution in [0.4, 0.5) is 0 Å². The third-order valence-electron chi connectivity index (χ3n) is 4.99. The average Bonchev–Trinajstić information content (AvgIpc) is 2.75. The summed E-state index contributed by atoms with van der Waals surface area (Å²) in [5.41, 5.74) is 3.89. The van der Waals surface area contributed by atoms with Crippen LogP contribution in [0.1, 0.15) is 37.0 Å². The molecule has 1 heterocycles. The highest BCUT2D eigenvalue weighted by Crippen LogP contribution is 2.27. The molecule has 152 valence electrons. The van der Waals surface area contributed by atoms with Gasteiger partial charge in [-0.2, -0.15) is 5.26 Å². The SMILES string of the molecule is CCCN1C(=O)C(C#N)=C(C)/C(=C\c2ccc(OCc3ccc(C)cc3)cc2)C1=O. The summed E-state index contributed by atoms with van der Waals surface area (Å²) in [6.45, 7) is 6.34. The highest BCUT2D eigenvalue weighted by molar-refractivity contribution is 6.19. The fourth-order valence-electron chi connectivity index (χ4n) is 3.23. The lowest BCUT2D eigenvalue weighted by Crippen LogP contribution is -2.43. The second-order valence-electron chi connectivity index (χ2n) is 7.28. The molecule has 5 nitrogen and oxygen atoms in total. The molecule has 1 aliphatic heterocycles. The summed E-state index contributed by atoms with van der Waals surface area (Å²) >= 11 is 0. The summed E-state index contributed by atoms with van der Waals surface area (Å²) in [7, 11) is 0. The van der Waals surface area contributed by atoms with Crippen LogP contribution in [0.5, 0.6) is 5.75 Å². The number of imide groups is 1. The predicted octanol–water partition coefficient (Wildman–Crippen LogP) is 4.58. The largest absolute Gasteiger partial charge is 0.489 e. The highest BCUT2D eigenvalue weighted by atomic mass is 16.5. The van der Waals surface area contributed by atoms with Crippen LogP contribution in [0.3, 0.4) is 0 Å². The number of amides is 2. The van der Waals surface area contributed by atoms with Gasteiger partial charge in [0, 0.05) is 12.1 Å². The van der Waals surface area contributed by atoms with Crippen molar-refractivity contribution in [3.05, 3.63) is 81.9 Å². The molecule has 0 radical (unpaired) electrons. The van der Waals surface area contributed by atoms with Gasteiger partial charge in [-0.3, -0.25) is 14.5 Å². The molecule has 0 unspecified atom stereocenters. The molecule has 5 heteroatoms. The first-order valence-corrected chi connectivity index (χ1v) is 9.92. The standard InChI is InChI=1S/C25H24N2O3/c1-4-13-27-24(28)22(18(3)23(15-26)25(27)29)14-19-9-11-21(12-10-19)30-16-20-7-5-17(2)6-8-20/h5-12,14H,4,13,16H2,1-3H3/b22-14+. The Kier molecular flexibility index (Phi) is 6.48. The van der Waals surface area contributed by atoms with E-state index in [1.165, 1.54) is 5.56 Å². The molecule has 3 rings (SSSR count). The fourth-order valence-corrected chi connectivity index (χ4v) is 3.23. The van der Waals surface area contributed by atoms with E-state index in [2.05, 4.69) is 0 Å². The Labute approximate surface area is 176 Å². The lowest BCUT2D eigenvalue weighted by atomic mass is 9.93. The molecular formula is C25H24N2O3. The molecule has 1 aliphatic rings. The van der Waals surface area contributed by atoms with Gasteiger partial charge in [-0.1, -0.05) is 48.9 Å². The van der Waals surface area contributed by atoms with E-state index in [1.54, 1.807) is 13.0 Å². The number of nitrogens with zero attached hydrogens (tertiary/aromatic N) is 2. The second kappa shape index (κ2) is 9.23. The summed E-state index contributed by atoms with van der Waals surface area (Å²) in [5.74, 6) is -0.155. The number of aryl methyl sites for hydroxylation is 1. The van der Waals surface area contributed by atoms with Crippen molar-refractivity contribution < 1.29 is 14.3 Å². The number of benzene rings is 2. The number of hydrogen-bond acceptors (Lipinski definition) is 4. The molecule has 0 aromatic heterocycles. The van der Waals surface area contributed by atoms with Crippen LogP contribution in [0.15, 0.2) is 65.3 Å². The lowest BCUT2D eigenvalue weighted by molar-refractivity contribution is -0.140. The molecule has 0 N–H and O–H groups in total. The van der Waals surface area contributed by atoms with Gasteiger partial charge in [0.1, 0.15) is 24.0 Å². The predicted molar refractivity (Wildman–Crippen MR) is 115 cm³/mol. The van der Waals surface area contributed by atoms with E-state index in [0.29, 0.717) is 30.7 Å². The number of hydrogen-bond donors (Lipinski definition) is 0. The number of ether oxygens (including phenoxy) is 1. The maximum atomic E-state index is 12.8. The Balaban J connectivity index is 1.80. The Morgan fingerprint density at radius 3 is 2.27 bits per heavy atom. The smallest absolute Gasteiger partial charge is 0.271 e. The maximum Gasteiger partial charge on any atom is 0.271 e. The summed E-state index contributed by atoms with van der Waals surface area (Å²) in [5, 5.41) is 9.38. The van der Waals surface area contributed by atoms with Crippen molar-refractivity contribution in [1.82, 2.24) is 4.90 Å². The topological polar surface area (TPSA) is 70.4 Å². The van der Waals surface area contributed by atoms with Crippen LogP contribution < -0.4 is 4.74 Å². The van der Waals surface area contributed by atoms with Gasteiger partial charge < -0.3 is 4.74 Å². The Morgan fingerprint density at radius 1 is 1.00 bits per heavy atom. The first kappa shape index (κ1) is 21.1. The van der Waals surface area contributed by atoms with Crippen LogP contribution in [-0.4, -0.2) is 23.3 Å². The zero-order chi connectivity index (χ0) is 21.7. The average molecular weight is 400 g/mol. The van der Waals surface area contributed by atoms with Crippen LogP contribution in [0.25, 0.3) is 6.08 Å². The Bertz CT molecular complexity index is 1060. The third kappa shape index (κ3) is 4.49. The third-order valence-corrected chi connectivity index (χ3v) is 4.99. The summed E-state index contributed by atoms with van der Waals surface area (Å²) in [6.07, 6.45) is 2.35. The van der Waals surface area contributed by atoms with E-state index in [9.17, 15) is 14.9 Å². The number of rotatable bonds is 6. The number of carbonyl (C=O) groups is 2. The summed E-state index contributed by atoms with van der Waals surface area (Å²) in [4.78, 5) is 26.4. The highest BCUT2D eigenvalue weighted by Gasteiger charge is 2.34. The monoisotopic (exact) mass is 400 g/mol. The van der Waals surface area contributed by atoms with Crippen molar-refractivity contribution in [2.24, 2.45) is 0 Å². The zero-order valence-corrected chi connectivity index (χ0v) is 17.4. The van der Waals surface area contributed by atoms with Gasteiger partial charge in [-0.25, -0.2) is 0 Å². The van der Waals surface area contributed by atoms with Gasteiger partial charge in [0.2, 0.25) is 0 Å². The second-order valence-corrected chi connectivity index (χ2v) is 7.28. The molecule has 0 fully saturated rings. The van der Waals surface area contributed by atoms with Crippen molar-refractivity contribution in [1.29, 1.82) is 5.26 Å². The fraction of sp³-hybridized carbons (Fsp3) is 0.240. The van der Waals surface area contributed by atoms with E-state index >= 15 is 0 Å². The van der Waals surface area contributed by atoms with E-state index in [0.717, 1.165) is 21.8 Å². The van der Waals surface area contributed by atoms with Gasteiger partial charge >= 0.3 is 0 Å². The molecule has 0 saturated carbocycles. The molecule has 0 aliphatic carbocycles. The minimum atomic E-state index is -0.515. The zero-order valence-electron chi connectivity index (χ0n) is 17.4. The van der Waals surface area contributed by atoms with Crippen molar-refractivity contribution in [3.8, 4) is 11.8 Å². The molecule has 30 heavy (non-hydrogen) atoms. The van der Waals surface area contributed by atoms with Crippen molar-refractivity contribution >= 4 is 17.9 Å². The van der Waals surface area contributed by atoms with Crippen LogP contribution in [0.2, 0.25) is 0 Å². The molecule has 0 saturated heterocycles. The Morgan fingerprint density at radius 2 is 1.67 bits per heavy atom. The van der Waals surface area contributed by atoms with E-state index in [-0.39, 0.29) is 11.5 Å². The molecule has 2 amide bonds. The van der Waals surface area contributed by atoms with Crippen LogP contribution >= 0.6 is 0 Å². The Hall–Kier alpha value is -3.65. The van der Waals surface area contributed by atoms with Crippen molar-refractivity contribution in [3.63, 3.8) is 0 Å². The summed E-state index contributed by atoms with van der Waals surface area (Å²) < 4.78 is 5.82. The van der Waals surface area contributed by atoms with Gasteiger partial charge in [0.15, 0.2) is 0 Å². The maximum absolute atomic E-state index is 12.8. The van der Waals surface area contributed by atoms with Crippen LogP contribution in [-0.2, 0) is 16.2 Å². The van der Waals surface area contributed by atoms with E-state index < -0.39 is 5.91 Å². The molecule has 2 aromatic rings. The van der Waals surface area contributed by atoms with Gasteiger partial charge in [0.25, 0.3) is 11.8 Å². The van der Waals surface area contributed by atoms with Crippen molar-refractivity contribution in [2.75, 3.05) is 6.54 Å². The molecular weight excluding hydrogens is 376 g/mol. The normalized spacial score (nSPS) is 15.5. The van der Waals surface area contributed by atoms with Crippen molar-refractivity contribution in [2.45, 2.75) is 33.8 Å². The van der Waals surface area contributed by atoms with Gasteiger partial charge in [-0.15, -0.1) is 0 Å². The molecule has 2 aromatic carbocycles. The van der Waals surface area contributed by atoms with Gasteiger partial charge in [-0.05, 0) is 55.2 Å². The minimum Gasteiger partial charge on any atom is -0.489 e. The first-order valence-electron chi connectivity index (χ1n) is 9.92. The van der Waals surface area contributed by atoms with E-state index in [1.807, 2.05) is 68.4 Å². The lowest BCUT2D eigenvalue weighted by Gasteiger charge is -2.27. The quantitative estimate of drug-likeness (QED) is 0.526. The number of nitriles is 1. The van der Waals surface area contributed by atoms with Crippen LogP contribution in [0, 0.1) is 18.3 Å². The van der Waals surface area contributed by atoms with Gasteiger partial charge in [0.05, 0.1) is 0 Å². The molecule has 0 bridgehead atoms. The minimum absolute atomic E-state index is 0.0207. The molecule has 0 atom stereocenters. The van der Waals surface area contributed by atoms with E-state index in [4.69, 9.17) is 4.74 Å².